The van der Waals surface area contributed by atoms with Crippen molar-refractivity contribution >= 4 is 5.91 Å². The van der Waals surface area contributed by atoms with E-state index in [9.17, 15) is 30.3 Å². The molecule has 9 heteroatoms. The topological polar surface area (TPSA) is 149 Å². The Bertz CT molecular complexity index is 1710. The standard InChI is InChI=1S/C73H125NO8/c1-3-5-7-9-11-13-15-17-19-21-23-24-25-26-27-28-29-30-31-32-33-34-35-36-37-38-39-40-41-42-43-44-45-47-49-51-53-55-57-59-61-63-69(77)74-66(65-81-73-72(80)71(79)70(78)68(64-75)82-73)67(76)62-60-58-56-54-52-50-48-46-22-20-18-16-14-12-10-8-6-4-2/h5,7,11,13,17,19,23-24,26-27,29-30,32-33,35-36,52,54,60,62,66-68,70-73,75-76,78-80H,3-4,6,8-10,12,14-16,18,20-22,25,28,31,34,37-51,53,55-59,61,63-65H2,1-2H3,(H,74,77)/b7-5-,13-11-,19-17-,24-23-,27-26-,30-29-,33-32-,36-35-,54-52+,62-60+. The van der Waals surface area contributed by atoms with Crippen LogP contribution in [0.15, 0.2) is 122 Å². The molecule has 0 aromatic rings. The van der Waals surface area contributed by atoms with E-state index >= 15 is 0 Å². The summed E-state index contributed by atoms with van der Waals surface area (Å²) in [4.78, 5) is 13.1. The van der Waals surface area contributed by atoms with E-state index in [0.29, 0.717) is 6.42 Å². The highest BCUT2D eigenvalue weighted by Gasteiger charge is 2.44. The summed E-state index contributed by atoms with van der Waals surface area (Å²) in [5.41, 5.74) is 0. The van der Waals surface area contributed by atoms with Gasteiger partial charge in [-0.2, -0.15) is 0 Å². The molecule has 82 heavy (non-hydrogen) atoms. The van der Waals surface area contributed by atoms with Gasteiger partial charge in [0.1, 0.15) is 24.4 Å². The predicted molar refractivity (Wildman–Crippen MR) is 350 cm³/mol. The van der Waals surface area contributed by atoms with E-state index < -0.39 is 49.5 Å². The van der Waals surface area contributed by atoms with Crippen molar-refractivity contribution in [3.63, 3.8) is 0 Å². The van der Waals surface area contributed by atoms with Gasteiger partial charge < -0.3 is 40.3 Å². The van der Waals surface area contributed by atoms with Gasteiger partial charge in [0.25, 0.3) is 0 Å². The average Bonchev–Trinajstić information content (AvgIpc) is 3.57. The van der Waals surface area contributed by atoms with Crippen molar-refractivity contribution in [3.8, 4) is 0 Å². The summed E-state index contributed by atoms with van der Waals surface area (Å²) in [6, 6.07) is -0.828. The van der Waals surface area contributed by atoms with Gasteiger partial charge in [0, 0.05) is 6.42 Å². The average molecular weight is 1140 g/mol. The summed E-state index contributed by atoms with van der Waals surface area (Å²) < 4.78 is 11.3. The van der Waals surface area contributed by atoms with Gasteiger partial charge in [0.15, 0.2) is 6.29 Å². The van der Waals surface area contributed by atoms with E-state index in [1.54, 1.807) is 6.08 Å². The third-order valence-electron chi connectivity index (χ3n) is 15.3. The Morgan fingerprint density at radius 3 is 1.17 bits per heavy atom. The molecule has 470 valence electrons. The molecule has 0 spiro atoms. The molecule has 1 rings (SSSR count). The zero-order chi connectivity index (χ0) is 59.3. The number of hydrogen-bond acceptors (Lipinski definition) is 8. The van der Waals surface area contributed by atoms with E-state index in [1.165, 1.54) is 167 Å². The van der Waals surface area contributed by atoms with Gasteiger partial charge >= 0.3 is 0 Å². The van der Waals surface area contributed by atoms with Crippen molar-refractivity contribution in [2.24, 2.45) is 0 Å². The van der Waals surface area contributed by atoms with Gasteiger partial charge in [0.2, 0.25) is 5.91 Å². The third-order valence-corrected chi connectivity index (χ3v) is 15.3. The number of carbonyl (C=O) groups excluding carboxylic acids is 1. The number of rotatable bonds is 57. The van der Waals surface area contributed by atoms with E-state index in [-0.39, 0.29) is 12.5 Å². The summed E-state index contributed by atoms with van der Waals surface area (Å²) in [6.45, 7) is 3.66. The first-order valence-corrected chi connectivity index (χ1v) is 33.8. The molecule has 1 heterocycles. The van der Waals surface area contributed by atoms with E-state index in [1.807, 2.05) is 6.08 Å². The minimum Gasteiger partial charge on any atom is -0.394 e. The number of amides is 1. The van der Waals surface area contributed by atoms with Crippen molar-refractivity contribution < 1.29 is 39.8 Å². The molecular formula is C73H125NO8. The van der Waals surface area contributed by atoms with Crippen LogP contribution >= 0.6 is 0 Å². The monoisotopic (exact) mass is 1140 g/mol. The molecule has 0 saturated carbocycles. The van der Waals surface area contributed by atoms with Crippen molar-refractivity contribution in [2.45, 2.75) is 320 Å². The third kappa shape index (κ3) is 48.9. The van der Waals surface area contributed by atoms with Crippen LogP contribution in [0.4, 0.5) is 0 Å². The first-order chi connectivity index (χ1) is 40.3. The molecule has 7 unspecified atom stereocenters. The Kier molecular flexibility index (Phi) is 56.7. The SMILES string of the molecule is CC/C=C\C/C=C\C/C=C\C/C=C\C/C=C\C/C=C\C/C=C\C/C=C\CCCCCCCCCCCCCCCCCCC(=O)NC(COC1OC(CO)C(O)C(O)C1O)C(O)/C=C/CC/C=C/CCCCCCCCCCCCCC. The molecule has 1 amide bonds. The Morgan fingerprint density at radius 1 is 0.427 bits per heavy atom. The molecule has 1 aliphatic rings. The first kappa shape index (κ1) is 76.6. The molecule has 1 aliphatic heterocycles. The van der Waals surface area contributed by atoms with Gasteiger partial charge in [-0.3, -0.25) is 4.79 Å². The van der Waals surface area contributed by atoms with Gasteiger partial charge in [0.05, 0.1) is 25.4 Å². The van der Waals surface area contributed by atoms with Crippen LogP contribution in [0.2, 0.25) is 0 Å². The Balaban J connectivity index is 2.11. The maximum absolute atomic E-state index is 13.1. The van der Waals surface area contributed by atoms with Crippen LogP contribution in [-0.4, -0.2) is 87.5 Å². The highest BCUT2D eigenvalue weighted by molar-refractivity contribution is 5.76. The van der Waals surface area contributed by atoms with Crippen molar-refractivity contribution in [2.75, 3.05) is 13.2 Å². The number of carbonyl (C=O) groups is 1. The normalized spacial score (nSPS) is 19.1. The summed E-state index contributed by atoms with van der Waals surface area (Å²) in [5, 5.41) is 54.6. The second-order valence-electron chi connectivity index (χ2n) is 22.9. The Morgan fingerprint density at radius 2 is 0.768 bits per heavy atom. The van der Waals surface area contributed by atoms with Crippen LogP contribution in [0.3, 0.4) is 0 Å². The number of nitrogens with one attached hydrogen (secondary N) is 1. The van der Waals surface area contributed by atoms with Crippen LogP contribution in [0.5, 0.6) is 0 Å². The van der Waals surface area contributed by atoms with Gasteiger partial charge in [-0.05, 0) is 96.3 Å². The highest BCUT2D eigenvalue weighted by atomic mass is 16.7. The van der Waals surface area contributed by atoms with Gasteiger partial charge in [-0.15, -0.1) is 0 Å². The molecule has 1 fully saturated rings. The van der Waals surface area contributed by atoms with Crippen molar-refractivity contribution in [1.82, 2.24) is 5.32 Å². The number of ether oxygens (including phenoxy) is 2. The molecule has 7 atom stereocenters. The predicted octanol–water partition coefficient (Wildman–Crippen LogP) is 18.2. The van der Waals surface area contributed by atoms with Crippen LogP contribution in [0.25, 0.3) is 0 Å². The molecular weight excluding hydrogens is 1020 g/mol. The minimum absolute atomic E-state index is 0.188. The summed E-state index contributed by atoms with van der Waals surface area (Å²) in [5.74, 6) is -0.188. The molecule has 0 aromatic carbocycles. The lowest BCUT2D eigenvalue weighted by atomic mass is 9.99. The van der Waals surface area contributed by atoms with Crippen LogP contribution in [-0.2, 0) is 14.3 Å². The number of aliphatic hydroxyl groups is 5. The number of hydrogen-bond donors (Lipinski definition) is 6. The lowest BCUT2D eigenvalue weighted by molar-refractivity contribution is -0.302. The molecule has 9 nitrogen and oxygen atoms in total. The lowest BCUT2D eigenvalue weighted by Gasteiger charge is -2.40. The molecule has 0 aromatic heterocycles. The van der Waals surface area contributed by atoms with Gasteiger partial charge in [-0.1, -0.05) is 296 Å². The van der Waals surface area contributed by atoms with E-state index in [0.717, 1.165) is 89.9 Å². The summed E-state index contributed by atoms with van der Waals surface area (Å²) in [7, 11) is 0. The van der Waals surface area contributed by atoms with Gasteiger partial charge in [-0.25, -0.2) is 0 Å². The molecule has 0 aliphatic carbocycles. The zero-order valence-electron chi connectivity index (χ0n) is 52.5. The maximum Gasteiger partial charge on any atom is 0.220 e. The summed E-state index contributed by atoms with van der Waals surface area (Å²) >= 11 is 0. The zero-order valence-corrected chi connectivity index (χ0v) is 52.5. The summed E-state index contributed by atoms with van der Waals surface area (Å²) in [6.07, 6.45) is 84.4. The largest absolute Gasteiger partial charge is 0.394 e. The van der Waals surface area contributed by atoms with E-state index in [4.69, 9.17) is 9.47 Å². The fraction of sp³-hybridized carbons (Fsp3) is 0.712. The lowest BCUT2D eigenvalue weighted by Crippen LogP contribution is -2.60. The number of unbranched alkanes of at least 4 members (excludes halogenated alkanes) is 29. The van der Waals surface area contributed by atoms with E-state index in [2.05, 4.69) is 129 Å². The first-order valence-electron chi connectivity index (χ1n) is 33.8. The second-order valence-corrected chi connectivity index (χ2v) is 22.9. The molecule has 0 bridgehead atoms. The van der Waals surface area contributed by atoms with Crippen LogP contribution < -0.4 is 5.32 Å². The molecule has 6 N–H and O–H groups in total. The molecule has 0 radical (unpaired) electrons. The van der Waals surface area contributed by atoms with Crippen LogP contribution in [0.1, 0.15) is 277 Å². The fourth-order valence-corrected chi connectivity index (χ4v) is 10.0. The smallest absolute Gasteiger partial charge is 0.220 e. The van der Waals surface area contributed by atoms with Crippen molar-refractivity contribution in [1.29, 1.82) is 0 Å². The minimum atomic E-state index is -1.58. The number of aliphatic hydroxyl groups excluding tert-OH is 5. The molecule has 1 saturated heterocycles. The fourth-order valence-electron chi connectivity index (χ4n) is 10.0. The Labute approximate surface area is 503 Å². The maximum atomic E-state index is 13.1. The highest BCUT2D eigenvalue weighted by Crippen LogP contribution is 2.23. The number of allylic oxidation sites excluding steroid dienone is 19. The van der Waals surface area contributed by atoms with Crippen LogP contribution in [0, 0.1) is 0 Å². The quantitative estimate of drug-likeness (QED) is 0.0261. The van der Waals surface area contributed by atoms with Crippen molar-refractivity contribution in [3.05, 3.63) is 122 Å². The Hall–Kier alpha value is -3.41. The second kappa shape index (κ2) is 60.7.